The van der Waals surface area contributed by atoms with Gasteiger partial charge in [0.1, 0.15) is 35.1 Å². The zero-order valence-corrected chi connectivity index (χ0v) is 27.4. The number of amides is 4. The van der Waals surface area contributed by atoms with E-state index in [0.717, 1.165) is 5.56 Å². The summed E-state index contributed by atoms with van der Waals surface area (Å²) in [5.74, 6) is -3.00. The largest absolute Gasteiger partial charge is 0.508 e. The van der Waals surface area contributed by atoms with Crippen LogP contribution in [0.15, 0.2) is 54.6 Å². The van der Waals surface area contributed by atoms with E-state index in [9.17, 15) is 29.1 Å². The molecular formula is C34H46N4O8. The topological polar surface area (TPSA) is 177 Å². The number of nitrogens with zero attached hydrogens (tertiary/aromatic N) is 1. The van der Waals surface area contributed by atoms with Gasteiger partial charge in [0.15, 0.2) is 0 Å². The minimum atomic E-state index is -1.40. The summed E-state index contributed by atoms with van der Waals surface area (Å²) in [4.78, 5) is 67.8. The summed E-state index contributed by atoms with van der Waals surface area (Å²) in [6.07, 6.45) is -0.0540. The van der Waals surface area contributed by atoms with Gasteiger partial charge in [0.05, 0.1) is 0 Å². The van der Waals surface area contributed by atoms with E-state index in [-0.39, 0.29) is 30.6 Å². The lowest BCUT2D eigenvalue weighted by Gasteiger charge is -2.35. The number of rotatable bonds is 13. The summed E-state index contributed by atoms with van der Waals surface area (Å²) in [5, 5.41) is 16.2. The number of phenolic OH excluding ortho intramolecular Hbond substituents is 1. The van der Waals surface area contributed by atoms with Crippen molar-refractivity contribution in [3.05, 3.63) is 65.7 Å². The molecule has 250 valence electrons. The van der Waals surface area contributed by atoms with E-state index < -0.39 is 65.2 Å². The molecule has 1 aliphatic carbocycles. The van der Waals surface area contributed by atoms with Gasteiger partial charge in [-0.2, -0.15) is 0 Å². The molecule has 4 amide bonds. The summed E-state index contributed by atoms with van der Waals surface area (Å²) in [6, 6.07) is 10.9. The Morgan fingerprint density at radius 3 is 2.00 bits per heavy atom. The first-order valence-electron chi connectivity index (χ1n) is 15.4. The number of esters is 1. The van der Waals surface area contributed by atoms with Gasteiger partial charge in [-0.05, 0) is 72.4 Å². The smallest absolute Gasteiger partial charge is 0.408 e. The number of hydrogen-bond acceptors (Lipinski definition) is 8. The Balaban J connectivity index is 2.04. The maximum atomic E-state index is 14.3. The summed E-state index contributed by atoms with van der Waals surface area (Å²) in [5.41, 5.74) is 4.55. The molecule has 0 spiro atoms. The highest BCUT2D eigenvalue weighted by Gasteiger charge is 2.45. The number of nitrogens with one attached hydrogen (secondary N) is 2. The van der Waals surface area contributed by atoms with Crippen LogP contribution in [0, 0.1) is 0 Å². The first kappa shape index (κ1) is 35.9. The molecular weight excluding hydrogens is 592 g/mol. The molecule has 0 heterocycles. The van der Waals surface area contributed by atoms with Gasteiger partial charge in [0.2, 0.25) is 17.7 Å². The van der Waals surface area contributed by atoms with Crippen LogP contribution in [0.25, 0.3) is 0 Å². The van der Waals surface area contributed by atoms with Gasteiger partial charge in [-0.25, -0.2) is 9.59 Å². The normalized spacial score (nSPS) is 15.1. The van der Waals surface area contributed by atoms with E-state index in [1.807, 2.05) is 30.3 Å². The number of aromatic hydroxyl groups is 1. The van der Waals surface area contributed by atoms with Crippen molar-refractivity contribution in [2.24, 2.45) is 5.73 Å². The van der Waals surface area contributed by atoms with Crippen LogP contribution in [0.3, 0.4) is 0 Å². The molecule has 0 aliphatic heterocycles. The lowest BCUT2D eigenvalue weighted by atomic mass is 9.99. The molecule has 1 saturated carbocycles. The number of carbonyl (C=O) groups excluding carboxylic acids is 5. The highest BCUT2D eigenvalue weighted by molar-refractivity contribution is 5.95. The molecule has 12 heteroatoms. The van der Waals surface area contributed by atoms with Crippen LogP contribution in [0.4, 0.5) is 4.79 Å². The third-order valence-corrected chi connectivity index (χ3v) is 6.91. The highest BCUT2D eigenvalue weighted by atomic mass is 16.6. The maximum absolute atomic E-state index is 14.3. The second kappa shape index (κ2) is 15.1. The first-order chi connectivity index (χ1) is 21.4. The average molecular weight is 639 g/mol. The standard InChI is InChI=1S/C34H46N4O8/c1-33(2,3)45-31(43)25(20-21-12-8-7-9-13-21)36-29(41)28(23-14-10-11-15-26(23)39)38(22-16-17-22)30(42)24(18-19-27(35)40)37-32(44)46-34(4,5)6/h7-15,22,24-25,28,39H,16-20H2,1-6H3,(H2,35,40)(H,36,41)(H,37,44). The number of alkyl carbamates (subject to hydrolysis) is 1. The van der Waals surface area contributed by atoms with E-state index in [4.69, 9.17) is 15.2 Å². The Hall–Kier alpha value is -4.61. The highest BCUT2D eigenvalue weighted by Crippen LogP contribution is 2.38. The second-order valence-corrected chi connectivity index (χ2v) is 13.4. The Bertz CT molecular complexity index is 1400. The van der Waals surface area contributed by atoms with Crippen LogP contribution < -0.4 is 16.4 Å². The van der Waals surface area contributed by atoms with Gasteiger partial charge in [-0.1, -0.05) is 48.5 Å². The number of phenols is 1. The molecule has 1 aliphatic rings. The summed E-state index contributed by atoms with van der Waals surface area (Å²) >= 11 is 0. The summed E-state index contributed by atoms with van der Waals surface area (Å²) < 4.78 is 11.0. The minimum Gasteiger partial charge on any atom is -0.508 e. The number of primary amides is 1. The van der Waals surface area contributed by atoms with Crippen molar-refractivity contribution in [2.75, 3.05) is 0 Å². The average Bonchev–Trinajstić information content (AvgIpc) is 3.77. The molecule has 46 heavy (non-hydrogen) atoms. The van der Waals surface area contributed by atoms with Crippen LogP contribution in [0.2, 0.25) is 0 Å². The number of nitrogens with two attached hydrogens (primary N) is 1. The molecule has 3 atom stereocenters. The molecule has 0 saturated heterocycles. The van der Waals surface area contributed by atoms with E-state index in [1.165, 1.54) is 17.0 Å². The molecule has 5 N–H and O–H groups in total. The molecule has 3 rings (SSSR count). The van der Waals surface area contributed by atoms with Crippen LogP contribution in [-0.4, -0.2) is 69.1 Å². The van der Waals surface area contributed by atoms with Crippen LogP contribution in [0.1, 0.15) is 84.4 Å². The molecule has 1 fully saturated rings. The Labute approximate surface area is 270 Å². The van der Waals surface area contributed by atoms with Crippen LogP contribution >= 0.6 is 0 Å². The summed E-state index contributed by atoms with van der Waals surface area (Å²) in [6.45, 7) is 10.1. The lowest BCUT2D eigenvalue weighted by molar-refractivity contribution is -0.159. The number of benzene rings is 2. The predicted octanol–water partition coefficient (Wildman–Crippen LogP) is 3.65. The monoisotopic (exact) mass is 638 g/mol. The van der Waals surface area contributed by atoms with Gasteiger partial charge < -0.3 is 35.8 Å². The lowest BCUT2D eigenvalue weighted by Crippen LogP contribution is -2.55. The number of hydrogen-bond donors (Lipinski definition) is 4. The molecule has 2 aromatic carbocycles. The van der Waals surface area contributed by atoms with Crippen LogP contribution in [0.5, 0.6) is 5.75 Å². The Morgan fingerprint density at radius 2 is 1.46 bits per heavy atom. The number of ether oxygens (including phenoxy) is 2. The van der Waals surface area contributed by atoms with Gasteiger partial charge in [-0.15, -0.1) is 0 Å². The van der Waals surface area contributed by atoms with E-state index in [1.54, 1.807) is 53.7 Å². The number of carbonyl (C=O) groups is 5. The summed E-state index contributed by atoms with van der Waals surface area (Å²) in [7, 11) is 0. The number of para-hydroxylation sites is 1. The third-order valence-electron chi connectivity index (χ3n) is 6.91. The van der Waals surface area contributed by atoms with Crippen molar-refractivity contribution in [1.82, 2.24) is 15.5 Å². The van der Waals surface area contributed by atoms with Gasteiger partial charge >= 0.3 is 12.1 Å². The van der Waals surface area contributed by atoms with Gasteiger partial charge in [0.25, 0.3) is 0 Å². The minimum absolute atomic E-state index is 0.105. The maximum Gasteiger partial charge on any atom is 0.408 e. The molecule has 12 nitrogen and oxygen atoms in total. The van der Waals surface area contributed by atoms with Crippen molar-refractivity contribution in [3.63, 3.8) is 0 Å². The fourth-order valence-corrected chi connectivity index (χ4v) is 4.85. The molecule has 0 aromatic heterocycles. The Morgan fingerprint density at radius 1 is 0.870 bits per heavy atom. The molecule has 0 bridgehead atoms. The second-order valence-electron chi connectivity index (χ2n) is 13.4. The molecule has 2 aromatic rings. The third kappa shape index (κ3) is 11.1. The van der Waals surface area contributed by atoms with E-state index in [0.29, 0.717) is 12.8 Å². The van der Waals surface area contributed by atoms with Crippen molar-refractivity contribution >= 4 is 29.8 Å². The molecule has 0 radical (unpaired) electrons. The van der Waals surface area contributed by atoms with Crippen molar-refractivity contribution in [3.8, 4) is 5.75 Å². The van der Waals surface area contributed by atoms with E-state index >= 15 is 0 Å². The zero-order chi connectivity index (χ0) is 34.2. The SMILES string of the molecule is CC(C)(C)OC(=O)NC(CCC(N)=O)C(=O)N(C1CC1)C(C(=O)NC(Cc1ccccc1)C(=O)OC(C)(C)C)c1ccccc1O. The van der Waals surface area contributed by atoms with Crippen molar-refractivity contribution in [2.45, 2.75) is 109 Å². The van der Waals surface area contributed by atoms with Crippen molar-refractivity contribution in [1.29, 1.82) is 0 Å². The predicted molar refractivity (Wildman–Crippen MR) is 170 cm³/mol. The zero-order valence-electron chi connectivity index (χ0n) is 27.4. The first-order valence-corrected chi connectivity index (χ1v) is 15.4. The quantitative estimate of drug-likeness (QED) is 0.240. The van der Waals surface area contributed by atoms with Gasteiger partial charge in [0, 0.05) is 24.4 Å². The fraction of sp³-hybridized carbons (Fsp3) is 0.500. The molecule has 3 unspecified atom stereocenters. The van der Waals surface area contributed by atoms with Crippen molar-refractivity contribution < 1.29 is 38.6 Å². The van der Waals surface area contributed by atoms with E-state index in [2.05, 4.69) is 10.6 Å². The van der Waals surface area contributed by atoms with Crippen LogP contribution in [-0.2, 0) is 35.1 Å². The Kier molecular flexibility index (Phi) is 11.8. The fourth-order valence-electron chi connectivity index (χ4n) is 4.85. The van der Waals surface area contributed by atoms with Gasteiger partial charge in [-0.3, -0.25) is 14.4 Å².